The van der Waals surface area contributed by atoms with Gasteiger partial charge in [0.25, 0.3) is 5.91 Å². The first-order valence-electron chi connectivity index (χ1n) is 7.62. The van der Waals surface area contributed by atoms with Crippen LogP contribution in [0.1, 0.15) is 36.3 Å². The number of halogens is 3. The molecule has 8 heteroatoms. The Labute approximate surface area is 142 Å². The summed E-state index contributed by atoms with van der Waals surface area (Å²) in [7, 11) is 1.59. The summed E-state index contributed by atoms with van der Waals surface area (Å²) >= 11 is 0. The van der Waals surface area contributed by atoms with Crippen molar-refractivity contribution in [3.8, 4) is 0 Å². The number of aromatic nitrogens is 1. The molecule has 0 atom stereocenters. The van der Waals surface area contributed by atoms with Gasteiger partial charge in [0.2, 0.25) is 0 Å². The lowest BCUT2D eigenvalue weighted by molar-refractivity contribution is -0.147. The fraction of sp³-hybridized carbons (Fsp3) is 0.412. The fourth-order valence-electron chi connectivity index (χ4n) is 2.43. The van der Waals surface area contributed by atoms with Crippen molar-refractivity contribution >= 4 is 22.8 Å². The van der Waals surface area contributed by atoms with Gasteiger partial charge in [0.15, 0.2) is 0 Å². The minimum Gasteiger partial charge on any atom is -0.481 e. The molecule has 25 heavy (non-hydrogen) atoms. The maximum atomic E-state index is 12.8. The van der Waals surface area contributed by atoms with Gasteiger partial charge in [0.05, 0.1) is 11.0 Å². The van der Waals surface area contributed by atoms with Gasteiger partial charge >= 0.3 is 12.1 Å². The van der Waals surface area contributed by atoms with E-state index in [-0.39, 0.29) is 18.7 Å². The van der Waals surface area contributed by atoms with Crippen molar-refractivity contribution in [2.24, 2.45) is 12.5 Å². The van der Waals surface area contributed by atoms with Gasteiger partial charge in [-0.1, -0.05) is 0 Å². The lowest BCUT2D eigenvalue weighted by atomic mass is 9.90. The Morgan fingerprint density at radius 2 is 1.84 bits per heavy atom. The molecule has 2 rings (SSSR count). The Balaban J connectivity index is 2.19. The zero-order valence-corrected chi connectivity index (χ0v) is 14.1. The van der Waals surface area contributed by atoms with Crippen LogP contribution in [-0.2, 0) is 18.0 Å². The normalized spacial score (nSPS) is 12.4. The number of carbonyl (C=O) groups is 2. The Morgan fingerprint density at radius 1 is 1.20 bits per heavy atom. The van der Waals surface area contributed by atoms with Crippen molar-refractivity contribution < 1.29 is 27.9 Å². The molecule has 1 aromatic heterocycles. The molecule has 5 nitrogen and oxygen atoms in total. The number of carbonyl (C=O) groups excluding carboxylic acids is 1. The van der Waals surface area contributed by atoms with E-state index in [1.54, 1.807) is 20.9 Å². The Bertz CT molecular complexity index is 822. The number of nitrogens with zero attached hydrogens (tertiary/aromatic N) is 1. The predicted molar refractivity (Wildman–Crippen MR) is 86.3 cm³/mol. The summed E-state index contributed by atoms with van der Waals surface area (Å²) in [6.45, 7) is 3.25. The van der Waals surface area contributed by atoms with Crippen LogP contribution < -0.4 is 5.32 Å². The Morgan fingerprint density at radius 3 is 2.40 bits per heavy atom. The molecule has 0 saturated carbocycles. The molecule has 0 spiro atoms. The van der Waals surface area contributed by atoms with E-state index < -0.39 is 29.0 Å². The molecule has 0 unspecified atom stereocenters. The van der Waals surface area contributed by atoms with E-state index >= 15 is 0 Å². The molecule has 0 aliphatic rings. The summed E-state index contributed by atoms with van der Waals surface area (Å²) in [6, 6.07) is 4.68. The number of benzene rings is 1. The number of amides is 1. The molecular weight excluding hydrogens is 337 g/mol. The Kier molecular flexibility index (Phi) is 4.83. The van der Waals surface area contributed by atoms with E-state index in [1.165, 1.54) is 16.7 Å². The van der Waals surface area contributed by atoms with E-state index in [1.807, 2.05) is 0 Å². The van der Waals surface area contributed by atoms with E-state index in [2.05, 4.69) is 5.32 Å². The molecule has 0 aliphatic heterocycles. The number of hydrogen-bond donors (Lipinski definition) is 2. The highest BCUT2D eigenvalue weighted by atomic mass is 19.4. The highest BCUT2D eigenvalue weighted by Crippen LogP contribution is 2.32. The maximum absolute atomic E-state index is 12.8. The van der Waals surface area contributed by atoms with Crippen molar-refractivity contribution in [1.82, 2.24) is 9.88 Å². The minimum absolute atomic E-state index is 0.146. The molecule has 136 valence electrons. The number of aryl methyl sites for hydroxylation is 1. The molecule has 0 aliphatic carbocycles. The van der Waals surface area contributed by atoms with Gasteiger partial charge in [-0.05, 0) is 44.5 Å². The number of alkyl halides is 3. The quantitative estimate of drug-likeness (QED) is 0.862. The van der Waals surface area contributed by atoms with Crippen LogP contribution in [0.2, 0.25) is 0 Å². The van der Waals surface area contributed by atoms with Crippen molar-refractivity contribution in [3.05, 3.63) is 35.5 Å². The summed E-state index contributed by atoms with van der Waals surface area (Å²) in [6.07, 6.45) is -4.22. The fourth-order valence-corrected chi connectivity index (χ4v) is 2.43. The summed E-state index contributed by atoms with van der Waals surface area (Å²) in [5.41, 5.74) is -1.04. The van der Waals surface area contributed by atoms with E-state index in [9.17, 15) is 22.8 Å². The zero-order chi connectivity index (χ0) is 19.0. The van der Waals surface area contributed by atoms with Crippen molar-refractivity contribution in [3.63, 3.8) is 0 Å². The third-order valence-electron chi connectivity index (χ3n) is 4.22. The monoisotopic (exact) mass is 356 g/mol. The molecule has 0 fully saturated rings. The van der Waals surface area contributed by atoms with Gasteiger partial charge < -0.3 is 15.0 Å². The van der Waals surface area contributed by atoms with Crippen molar-refractivity contribution in [2.75, 3.05) is 6.54 Å². The molecule has 2 N–H and O–H groups in total. The van der Waals surface area contributed by atoms with E-state index in [0.717, 1.165) is 12.1 Å². The summed E-state index contributed by atoms with van der Waals surface area (Å²) in [5.74, 6) is -1.43. The first kappa shape index (κ1) is 18.8. The number of carboxylic acid groups (broad SMARTS) is 1. The van der Waals surface area contributed by atoms with Crippen LogP contribution in [0.15, 0.2) is 24.3 Å². The van der Waals surface area contributed by atoms with Crippen LogP contribution in [0, 0.1) is 5.41 Å². The maximum Gasteiger partial charge on any atom is 0.416 e. The second-order valence-corrected chi connectivity index (χ2v) is 6.55. The topological polar surface area (TPSA) is 71.3 Å². The molecule has 0 radical (unpaired) electrons. The molecule has 1 heterocycles. The van der Waals surface area contributed by atoms with Crippen LogP contribution >= 0.6 is 0 Å². The second-order valence-electron chi connectivity index (χ2n) is 6.55. The summed E-state index contributed by atoms with van der Waals surface area (Å²) in [5, 5.41) is 12.0. The van der Waals surface area contributed by atoms with Gasteiger partial charge in [-0.15, -0.1) is 0 Å². The van der Waals surface area contributed by atoms with Crippen LogP contribution in [0.4, 0.5) is 13.2 Å². The van der Waals surface area contributed by atoms with Gasteiger partial charge in [-0.3, -0.25) is 9.59 Å². The lowest BCUT2D eigenvalue weighted by Gasteiger charge is -2.18. The first-order chi connectivity index (χ1) is 11.4. The number of hydrogen-bond acceptors (Lipinski definition) is 2. The third kappa shape index (κ3) is 3.94. The molecule has 0 saturated heterocycles. The number of rotatable bonds is 5. The molecule has 1 amide bonds. The number of fused-ring (bicyclic) bond motifs is 1. The van der Waals surface area contributed by atoms with E-state index in [0.29, 0.717) is 10.9 Å². The van der Waals surface area contributed by atoms with Gasteiger partial charge in [-0.25, -0.2) is 0 Å². The first-order valence-corrected chi connectivity index (χ1v) is 7.62. The molecule has 1 aromatic carbocycles. The highest BCUT2D eigenvalue weighted by molar-refractivity contribution is 5.98. The van der Waals surface area contributed by atoms with Gasteiger partial charge in [-0.2, -0.15) is 13.2 Å². The van der Waals surface area contributed by atoms with Crippen molar-refractivity contribution in [1.29, 1.82) is 0 Å². The smallest absolute Gasteiger partial charge is 0.416 e. The zero-order valence-electron chi connectivity index (χ0n) is 14.1. The average Bonchev–Trinajstić information content (AvgIpc) is 2.82. The standard InChI is InChI=1S/C17H19F3N2O3/c1-16(2,15(24)25)6-7-21-14(23)13-9-10-8-11(17(18,19)20)4-5-12(10)22(13)3/h4-5,8-9H,6-7H2,1-3H3,(H,21,23)(H,24,25). The number of aliphatic carboxylic acids is 1. The molecular formula is C17H19F3N2O3. The Hall–Kier alpha value is -2.51. The minimum atomic E-state index is -4.45. The SMILES string of the molecule is Cn1c(C(=O)NCCC(C)(C)C(=O)O)cc2cc(C(F)(F)F)ccc21. The predicted octanol–water partition coefficient (Wildman–Crippen LogP) is 3.43. The highest BCUT2D eigenvalue weighted by Gasteiger charge is 2.31. The van der Waals surface area contributed by atoms with Crippen molar-refractivity contribution in [2.45, 2.75) is 26.4 Å². The number of nitrogens with one attached hydrogen (secondary N) is 1. The largest absolute Gasteiger partial charge is 0.481 e. The summed E-state index contributed by atoms with van der Waals surface area (Å²) < 4.78 is 39.9. The summed E-state index contributed by atoms with van der Waals surface area (Å²) in [4.78, 5) is 23.3. The lowest BCUT2D eigenvalue weighted by Crippen LogP contribution is -2.32. The molecule has 2 aromatic rings. The second kappa shape index (κ2) is 6.42. The van der Waals surface area contributed by atoms with Crippen LogP contribution in [0.25, 0.3) is 10.9 Å². The van der Waals surface area contributed by atoms with Gasteiger partial charge in [0, 0.05) is 24.5 Å². The van der Waals surface area contributed by atoms with Crippen LogP contribution in [0.3, 0.4) is 0 Å². The van der Waals surface area contributed by atoms with Crippen LogP contribution in [-0.4, -0.2) is 28.1 Å². The van der Waals surface area contributed by atoms with Crippen LogP contribution in [0.5, 0.6) is 0 Å². The average molecular weight is 356 g/mol. The van der Waals surface area contributed by atoms with E-state index in [4.69, 9.17) is 5.11 Å². The molecule has 0 bridgehead atoms. The van der Waals surface area contributed by atoms with Gasteiger partial charge in [0.1, 0.15) is 5.69 Å². The third-order valence-corrected chi connectivity index (χ3v) is 4.22. The number of carboxylic acids is 1.